The summed E-state index contributed by atoms with van der Waals surface area (Å²) in [4.78, 5) is 25.7. The van der Waals surface area contributed by atoms with Gasteiger partial charge in [0.25, 0.3) is 0 Å². The number of rotatable bonds is 9. The van der Waals surface area contributed by atoms with Gasteiger partial charge in [-0.25, -0.2) is 9.59 Å². The zero-order valence-corrected chi connectivity index (χ0v) is 20.9. The van der Waals surface area contributed by atoms with Gasteiger partial charge in [-0.15, -0.1) is 5.10 Å². The van der Waals surface area contributed by atoms with Gasteiger partial charge in [-0.05, 0) is 73.2 Å². The van der Waals surface area contributed by atoms with Gasteiger partial charge >= 0.3 is 12.1 Å². The normalized spacial score (nSPS) is 10.8. The molecule has 186 valence electrons. The Hall–Kier alpha value is -4.13. The minimum Gasteiger partial charge on any atom is -0.308 e. The molecular formula is C29H33N5O2. The molecule has 4 rings (SSSR count). The van der Waals surface area contributed by atoms with Crippen molar-refractivity contribution in [2.24, 2.45) is 0 Å². The van der Waals surface area contributed by atoms with Crippen LogP contribution in [0.2, 0.25) is 0 Å². The fraction of sp³-hybridized carbons (Fsp3) is 0.276. The van der Waals surface area contributed by atoms with Crippen LogP contribution in [0.25, 0.3) is 10.9 Å². The summed E-state index contributed by atoms with van der Waals surface area (Å²) in [7, 11) is 0. The van der Waals surface area contributed by atoms with Crippen molar-refractivity contribution < 1.29 is 9.59 Å². The van der Waals surface area contributed by atoms with E-state index in [0.29, 0.717) is 28.1 Å². The molecule has 1 aromatic heterocycles. The number of hydrogen-bond acceptors (Lipinski definition) is 3. The SMILES string of the molecule is CCCCc1ccc(NC(=O)Nc2nn(C(=O)Nc3ccc(CCCC)cc3)c3ccccc23)cc1. The number of fused-ring (bicyclic) bond motifs is 1. The quantitative estimate of drug-likeness (QED) is 0.231. The maximum absolute atomic E-state index is 13.0. The van der Waals surface area contributed by atoms with Gasteiger partial charge in [-0.2, -0.15) is 4.68 Å². The van der Waals surface area contributed by atoms with E-state index in [4.69, 9.17) is 0 Å². The predicted molar refractivity (Wildman–Crippen MR) is 147 cm³/mol. The number of anilines is 3. The molecule has 4 aromatic rings. The molecule has 0 bridgehead atoms. The second-order valence-corrected chi connectivity index (χ2v) is 8.89. The van der Waals surface area contributed by atoms with Crippen molar-refractivity contribution in [2.75, 3.05) is 16.0 Å². The summed E-state index contributed by atoms with van der Waals surface area (Å²) < 4.78 is 1.28. The molecule has 0 radical (unpaired) electrons. The third kappa shape index (κ3) is 6.30. The van der Waals surface area contributed by atoms with E-state index in [-0.39, 0.29) is 0 Å². The van der Waals surface area contributed by atoms with Crippen LogP contribution in [0.5, 0.6) is 0 Å². The first-order chi connectivity index (χ1) is 17.6. The van der Waals surface area contributed by atoms with E-state index in [1.54, 1.807) is 6.07 Å². The number of benzene rings is 3. The van der Waals surface area contributed by atoms with Gasteiger partial charge in [0.1, 0.15) is 0 Å². The first-order valence-corrected chi connectivity index (χ1v) is 12.6. The number of carbonyl (C=O) groups excluding carboxylic acids is 2. The van der Waals surface area contributed by atoms with Gasteiger partial charge in [0.05, 0.1) is 5.52 Å². The van der Waals surface area contributed by atoms with Crippen LogP contribution in [-0.4, -0.2) is 21.8 Å². The number of nitrogens with zero attached hydrogens (tertiary/aromatic N) is 2. The standard InChI is InChI=1S/C29H33N5O2/c1-3-5-9-21-13-17-23(18-14-21)30-28(35)32-27-25-11-7-8-12-26(25)34(33-27)29(36)31-24-19-15-22(16-20-24)10-6-4-2/h7-8,11-20H,3-6,9-10H2,1-2H3,(H,31,36)(H2,30,32,33,35). The second-order valence-electron chi connectivity index (χ2n) is 8.89. The van der Waals surface area contributed by atoms with Gasteiger partial charge in [-0.1, -0.05) is 63.1 Å². The Morgan fingerprint density at radius 3 is 1.86 bits per heavy atom. The van der Waals surface area contributed by atoms with Crippen LogP contribution in [0.15, 0.2) is 72.8 Å². The van der Waals surface area contributed by atoms with Crippen LogP contribution in [0.3, 0.4) is 0 Å². The summed E-state index contributed by atoms with van der Waals surface area (Å²) in [5, 5.41) is 13.6. The number of unbranched alkanes of at least 4 members (excludes halogenated alkanes) is 2. The summed E-state index contributed by atoms with van der Waals surface area (Å²) in [5.74, 6) is 0.313. The molecule has 0 saturated carbocycles. The summed E-state index contributed by atoms with van der Waals surface area (Å²) in [5.41, 5.74) is 4.47. The van der Waals surface area contributed by atoms with Crippen LogP contribution in [0, 0.1) is 0 Å². The zero-order chi connectivity index (χ0) is 25.3. The first kappa shape index (κ1) is 25.0. The van der Waals surface area contributed by atoms with Crippen molar-refractivity contribution in [3.8, 4) is 0 Å². The first-order valence-electron chi connectivity index (χ1n) is 12.6. The topological polar surface area (TPSA) is 88.1 Å². The van der Waals surface area contributed by atoms with E-state index in [1.165, 1.54) is 15.8 Å². The third-order valence-corrected chi connectivity index (χ3v) is 6.07. The number of hydrogen-bond donors (Lipinski definition) is 3. The van der Waals surface area contributed by atoms with Gasteiger partial charge in [-0.3, -0.25) is 5.32 Å². The molecule has 0 aliphatic heterocycles. The largest absolute Gasteiger partial charge is 0.347 e. The molecule has 3 amide bonds. The molecule has 3 N–H and O–H groups in total. The van der Waals surface area contributed by atoms with E-state index in [2.05, 4.69) is 34.9 Å². The fourth-order valence-electron chi connectivity index (χ4n) is 4.03. The van der Waals surface area contributed by atoms with Crippen molar-refractivity contribution >= 4 is 40.2 Å². The van der Waals surface area contributed by atoms with Crippen molar-refractivity contribution in [3.63, 3.8) is 0 Å². The average Bonchev–Trinajstić information content (AvgIpc) is 3.26. The molecule has 0 aliphatic carbocycles. The number of amides is 3. The summed E-state index contributed by atoms with van der Waals surface area (Å²) in [6.45, 7) is 4.34. The Labute approximate surface area is 211 Å². The second kappa shape index (κ2) is 12.0. The number of aromatic nitrogens is 2. The van der Waals surface area contributed by atoms with Crippen molar-refractivity contribution in [1.29, 1.82) is 0 Å². The molecule has 0 fully saturated rings. The van der Waals surface area contributed by atoms with Crippen LogP contribution in [0.1, 0.15) is 50.7 Å². The number of aryl methyl sites for hydroxylation is 2. The lowest BCUT2D eigenvalue weighted by Gasteiger charge is -2.08. The molecule has 1 heterocycles. The molecular weight excluding hydrogens is 450 g/mol. The third-order valence-electron chi connectivity index (χ3n) is 6.07. The van der Waals surface area contributed by atoms with E-state index in [0.717, 1.165) is 38.5 Å². The molecule has 3 aromatic carbocycles. The average molecular weight is 484 g/mol. The Morgan fingerprint density at radius 2 is 1.28 bits per heavy atom. The summed E-state index contributed by atoms with van der Waals surface area (Å²) in [6.07, 6.45) is 6.61. The van der Waals surface area contributed by atoms with E-state index in [1.807, 2.05) is 66.7 Å². The smallest absolute Gasteiger partial charge is 0.308 e. The van der Waals surface area contributed by atoms with Crippen molar-refractivity contribution in [3.05, 3.63) is 83.9 Å². The highest BCUT2D eigenvalue weighted by atomic mass is 16.2. The molecule has 7 nitrogen and oxygen atoms in total. The van der Waals surface area contributed by atoms with Crippen LogP contribution < -0.4 is 16.0 Å². The monoisotopic (exact) mass is 483 g/mol. The molecule has 0 spiro atoms. The van der Waals surface area contributed by atoms with E-state index in [9.17, 15) is 9.59 Å². The predicted octanol–water partition coefficient (Wildman–Crippen LogP) is 7.45. The Balaban J connectivity index is 1.45. The number of carbonyl (C=O) groups is 2. The molecule has 7 heteroatoms. The van der Waals surface area contributed by atoms with Gasteiger partial charge < -0.3 is 10.6 Å². The lowest BCUT2D eigenvalue weighted by molar-refractivity contribution is 0.251. The zero-order valence-electron chi connectivity index (χ0n) is 20.9. The Kier molecular flexibility index (Phi) is 8.34. The van der Waals surface area contributed by atoms with Gasteiger partial charge in [0.15, 0.2) is 5.82 Å². The minimum atomic E-state index is -0.421. The number of para-hydroxylation sites is 1. The fourth-order valence-corrected chi connectivity index (χ4v) is 4.03. The van der Waals surface area contributed by atoms with Crippen LogP contribution >= 0.6 is 0 Å². The van der Waals surface area contributed by atoms with Crippen molar-refractivity contribution in [2.45, 2.75) is 52.4 Å². The number of nitrogens with one attached hydrogen (secondary N) is 3. The van der Waals surface area contributed by atoms with Crippen LogP contribution in [-0.2, 0) is 12.8 Å². The summed E-state index contributed by atoms with van der Waals surface area (Å²) >= 11 is 0. The molecule has 0 atom stereocenters. The summed E-state index contributed by atoms with van der Waals surface area (Å²) in [6, 6.07) is 22.2. The highest BCUT2D eigenvalue weighted by Crippen LogP contribution is 2.24. The minimum absolute atomic E-state index is 0.313. The Bertz CT molecular complexity index is 1310. The van der Waals surface area contributed by atoms with Crippen LogP contribution in [0.4, 0.5) is 26.8 Å². The molecule has 36 heavy (non-hydrogen) atoms. The van der Waals surface area contributed by atoms with Gasteiger partial charge in [0.2, 0.25) is 0 Å². The number of urea groups is 1. The van der Waals surface area contributed by atoms with E-state index >= 15 is 0 Å². The molecule has 0 aliphatic rings. The highest BCUT2D eigenvalue weighted by Gasteiger charge is 2.17. The Morgan fingerprint density at radius 1 is 0.722 bits per heavy atom. The molecule has 0 unspecified atom stereocenters. The highest BCUT2D eigenvalue weighted by molar-refractivity contribution is 6.07. The maximum Gasteiger partial charge on any atom is 0.347 e. The lowest BCUT2D eigenvalue weighted by Crippen LogP contribution is -2.22. The van der Waals surface area contributed by atoms with Crippen molar-refractivity contribution in [1.82, 2.24) is 9.78 Å². The maximum atomic E-state index is 13.0. The lowest BCUT2D eigenvalue weighted by atomic mass is 10.1. The van der Waals surface area contributed by atoms with Gasteiger partial charge in [0, 0.05) is 16.8 Å². The van der Waals surface area contributed by atoms with E-state index < -0.39 is 12.1 Å². The molecule has 0 saturated heterocycles.